The fourth-order valence-electron chi connectivity index (χ4n) is 2.85. The Labute approximate surface area is 183 Å². The number of hydrogen-bond donors (Lipinski definition) is 8. The summed E-state index contributed by atoms with van der Waals surface area (Å²) < 4.78 is 0. The van der Waals surface area contributed by atoms with Crippen LogP contribution in [0.3, 0.4) is 0 Å². The van der Waals surface area contributed by atoms with E-state index in [0.29, 0.717) is 13.0 Å². The molecule has 0 aliphatic carbocycles. The van der Waals surface area contributed by atoms with Gasteiger partial charge in [-0.1, -0.05) is 0 Å². The maximum atomic E-state index is 12.6. The number of rotatable bonds is 13. The van der Waals surface area contributed by atoms with Crippen molar-refractivity contribution in [3.63, 3.8) is 0 Å². The summed E-state index contributed by atoms with van der Waals surface area (Å²) in [7, 11) is 0. The van der Waals surface area contributed by atoms with Crippen molar-refractivity contribution in [2.45, 2.75) is 56.3 Å². The first-order valence-corrected chi connectivity index (χ1v) is 10.2. The zero-order valence-corrected chi connectivity index (χ0v) is 17.5. The van der Waals surface area contributed by atoms with Crippen LogP contribution in [-0.2, 0) is 28.8 Å². The van der Waals surface area contributed by atoms with Crippen LogP contribution in [0.4, 0.5) is 0 Å². The number of carboxylic acid groups (broad SMARTS) is 2. The van der Waals surface area contributed by atoms with Gasteiger partial charge < -0.3 is 37.2 Å². The third-order valence-electron chi connectivity index (χ3n) is 4.50. The van der Waals surface area contributed by atoms with E-state index in [0.717, 1.165) is 6.42 Å². The predicted molar refractivity (Wildman–Crippen MR) is 109 cm³/mol. The molecular formula is C17H27N5O8S. The second-order valence-corrected chi connectivity index (χ2v) is 7.32. The van der Waals surface area contributed by atoms with Crippen molar-refractivity contribution >= 4 is 48.2 Å². The Morgan fingerprint density at radius 2 is 1.61 bits per heavy atom. The molecule has 1 aliphatic rings. The lowest BCUT2D eigenvalue weighted by Crippen LogP contribution is -2.57. The third kappa shape index (κ3) is 9.21. The molecule has 1 rings (SSSR count). The van der Waals surface area contributed by atoms with Crippen LogP contribution >= 0.6 is 12.6 Å². The van der Waals surface area contributed by atoms with E-state index in [1.807, 2.05) is 0 Å². The highest BCUT2D eigenvalue weighted by Crippen LogP contribution is 2.07. The molecular weight excluding hydrogens is 434 g/mol. The number of carbonyl (C=O) groups is 6. The van der Waals surface area contributed by atoms with E-state index < -0.39 is 66.2 Å². The Hall–Kier alpha value is -2.87. The van der Waals surface area contributed by atoms with Crippen molar-refractivity contribution in [2.75, 3.05) is 12.3 Å². The van der Waals surface area contributed by atoms with Gasteiger partial charge in [-0.15, -0.1) is 0 Å². The largest absolute Gasteiger partial charge is 0.481 e. The predicted octanol–water partition coefficient (Wildman–Crippen LogP) is -3.05. The molecule has 31 heavy (non-hydrogen) atoms. The van der Waals surface area contributed by atoms with Crippen LogP contribution < -0.4 is 27.0 Å². The van der Waals surface area contributed by atoms with Crippen LogP contribution in [-0.4, -0.2) is 82.2 Å². The van der Waals surface area contributed by atoms with Crippen molar-refractivity contribution in [1.29, 1.82) is 0 Å². The number of amides is 4. The molecule has 1 fully saturated rings. The molecule has 4 unspecified atom stereocenters. The van der Waals surface area contributed by atoms with Crippen molar-refractivity contribution < 1.29 is 39.0 Å². The van der Waals surface area contributed by atoms with Gasteiger partial charge in [-0.25, -0.2) is 4.79 Å². The minimum Gasteiger partial charge on any atom is -0.481 e. The lowest BCUT2D eigenvalue weighted by Gasteiger charge is -2.24. The Bertz CT molecular complexity index is 713. The summed E-state index contributed by atoms with van der Waals surface area (Å²) in [4.78, 5) is 70.7. The lowest BCUT2D eigenvalue weighted by atomic mass is 10.1. The average Bonchev–Trinajstić information content (AvgIpc) is 3.22. The number of carbonyl (C=O) groups excluding carboxylic acids is 4. The quantitative estimate of drug-likeness (QED) is 0.130. The van der Waals surface area contributed by atoms with Gasteiger partial charge in [-0.05, 0) is 25.8 Å². The SMILES string of the molecule is NC(=O)CCC(NC(=O)C(CC(=O)O)NC(=O)C1CCCN1)C(=O)NC(CS)C(=O)O. The second-order valence-electron chi connectivity index (χ2n) is 6.96. The van der Waals surface area contributed by atoms with Gasteiger partial charge >= 0.3 is 11.9 Å². The van der Waals surface area contributed by atoms with Gasteiger partial charge in [-0.3, -0.25) is 24.0 Å². The van der Waals surface area contributed by atoms with Crippen LogP contribution in [0.15, 0.2) is 0 Å². The van der Waals surface area contributed by atoms with Crippen molar-refractivity contribution in [3.05, 3.63) is 0 Å². The first-order chi connectivity index (χ1) is 14.5. The molecule has 0 aromatic rings. The first-order valence-electron chi connectivity index (χ1n) is 9.53. The summed E-state index contributed by atoms with van der Waals surface area (Å²) in [6.45, 7) is 0.610. The first kappa shape index (κ1) is 26.2. The molecule has 4 amide bonds. The van der Waals surface area contributed by atoms with Crippen LogP contribution in [0.25, 0.3) is 0 Å². The van der Waals surface area contributed by atoms with Gasteiger partial charge in [0.05, 0.1) is 12.5 Å². The van der Waals surface area contributed by atoms with Crippen LogP contribution in [0.2, 0.25) is 0 Å². The summed E-state index contributed by atoms with van der Waals surface area (Å²) in [6.07, 6.45) is -0.0399. The Kier molecular flexibility index (Phi) is 10.8. The van der Waals surface area contributed by atoms with Gasteiger partial charge in [0.2, 0.25) is 23.6 Å². The van der Waals surface area contributed by atoms with Gasteiger partial charge in [0.1, 0.15) is 18.1 Å². The highest BCUT2D eigenvalue weighted by atomic mass is 32.1. The number of hydrogen-bond acceptors (Lipinski definition) is 8. The van der Waals surface area contributed by atoms with E-state index in [9.17, 15) is 28.8 Å². The molecule has 13 nitrogen and oxygen atoms in total. The Morgan fingerprint density at radius 1 is 1.00 bits per heavy atom. The molecule has 4 atom stereocenters. The number of aliphatic carboxylic acids is 2. The fraction of sp³-hybridized carbons (Fsp3) is 0.647. The summed E-state index contributed by atoms with van der Waals surface area (Å²) in [6, 6.07) is -4.80. The maximum Gasteiger partial charge on any atom is 0.327 e. The Morgan fingerprint density at radius 3 is 2.10 bits per heavy atom. The molecule has 0 saturated carbocycles. The van der Waals surface area contributed by atoms with Crippen LogP contribution in [0, 0.1) is 0 Å². The normalized spacial score (nSPS) is 18.3. The molecule has 0 aromatic carbocycles. The molecule has 8 N–H and O–H groups in total. The zero-order valence-electron chi connectivity index (χ0n) is 16.6. The monoisotopic (exact) mass is 461 g/mol. The number of primary amides is 1. The lowest BCUT2D eigenvalue weighted by molar-refractivity contribution is -0.143. The number of nitrogens with one attached hydrogen (secondary N) is 4. The maximum absolute atomic E-state index is 12.6. The zero-order chi connectivity index (χ0) is 23.6. The van der Waals surface area contributed by atoms with Crippen molar-refractivity contribution in [2.24, 2.45) is 5.73 Å². The molecule has 1 saturated heterocycles. The van der Waals surface area contributed by atoms with Crippen molar-refractivity contribution in [1.82, 2.24) is 21.3 Å². The van der Waals surface area contributed by atoms with Gasteiger partial charge in [-0.2, -0.15) is 12.6 Å². The molecule has 1 aliphatic heterocycles. The molecule has 14 heteroatoms. The van der Waals surface area contributed by atoms with Crippen molar-refractivity contribution in [3.8, 4) is 0 Å². The minimum absolute atomic E-state index is 0.232. The highest BCUT2D eigenvalue weighted by Gasteiger charge is 2.32. The van der Waals surface area contributed by atoms with E-state index in [-0.39, 0.29) is 18.6 Å². The van der Waals surface area contributed by atoms with E-state index in [4.69, 9.17) is 15.9 Å². The number of nitrogens with two attached hydrogens (primary N) is 1. The van der Waals surface area contributed by atoms with E-state index in [2.05, 4.69) is 33.9 Å². The summed E-state index contributed by atoms with van der Waals surface area (Å²) >= 11 is 3.83. The highest BCUT2D eigenvalue weighted by molar-refractivity contribution is 7.80. The second kappa shape index (κ2) is 12.7. The van der Waals surface area contributed by atoms with Gasteiger partial charge in [0.15, 0.2) is 0 Å². The van der Waals surface area contributed by atoms with Gasteiger partial charge in [0.25, 0.3) is 0 Å². The van der Waals surface area contributed by atoms with E-state index in [1.165, 1.54) is 0 Å². The molecule has 0 radical (unpaired) electrons. The van der Waals surface area contributed by atoms with E-state index in [1.54, 1.807) is 0 Å². The summed E-state index contributed by atoms with van der Waals surface area (Å²) in [5.74, 6) is -6.17. The molecule has 0 spiro atoms. The topological polar surface area (TPSA) is 217 Å². The smallest absolute Gasteiger partial charge is 0.327 e. The van der Waals surface area contributed by atoms with Crippen LogP contribution in [0.5, 0.6) is 0 Å². The molecule has 1 heterocycles. The standard InChI is InChI=1S/C17H27N5O8S/c18-12(23)4-3-9(15(27)22-11(7-31)17(29)30)20-16(28)10(6-13(24)25)21-14(26)8-2-1-5-19-8/h8-11,19,31H,1-7H2,(H2,18,23)(H,20,28)(H,21,26)(H,22,27)(H,24,25)(H,29,30). The fourth-order valence-corrected chi connectivity index (χ4v) is 3.10. The third-order valence-corrected chi connectivity index (χ3v) is 4.86. The minimum atomic E-state index is -1.49. The Balaban J connectivity index is 2.91. The van der Waals surface area contributed by atoms with Gasteiger partial charge in [0, 0.05) is 12.2 Å². The average molecular weight is 461 g/mol. The molecule has 174 valence electrons. The number of thiol groups is 1. The molecule has 0 aromatic heterocycles. The summed E-state index contributed by atoms with van der Waals surface area (Å²) in [5, 5.41) is 27.8. The van der Waals surface area contributed by atoms with E-state index >= 15 is 0 Å². The summed E-state index contributed by atoms with van der Waals surface area (Å²) in [5.41, 5.74) is 5.08. The molecule has 0 bridgehead atoms. The van der Waals surface area contributed by atoms with Crippen LogP contribution in [0.1, 0.15) is 32.1 Å². The number of carboxylic acids is 2.